The number of phenolic OH excluding ortho intramolecular Hbond substituents is 1. The van der Waals surface area contributed by atoms with E-state index < -0.39 is 0 Å². The number of aromatic hydroxyl groups is 1. The van der Waals surface area contributed by atoms with Gasteiger partial charge in [-0.25, -0.2) is 0 Å². The maximum absolute atomic E-state index is 11.7. The lowest BCUT2D eigenvalue weighted by molar-refractivity contribution is -0.120. The van der Waals surface area contributed by atoms with Crippen molar-refractivity contribution >= 4 is 11.6 Å². The second-order valence-corrected chi connectivity index (χ2v) is 4.78. The number of phenols is 1. The Kier molecular flexibility index (Phi) is 5.80. The number of para-hydroxylation sites is 1. The molecule has 2 N–H and O–H groups in total. The van der Waals surface area contributed by atoms with E-state index in [1.165, 1.54) is 0 Å². The predicted octanol–water partition coefficient (Wildman–Crippen LogP) is 2.73. The van der Waals surface area contributed by atoms with E-state index in [-0.39, 0.29) is 18.3 Å². The molecule has 0 saturated carbocycles. The second-order valence-electron chi connectivity index (χ2n) is 4.78. The number of hydrogen-bond acceptors (Lipinski definition) is 4. The van der Waals surface area contributed by atoms with Gasteiger partial charge >= 0.3 is 0 Å². The molecule has 0 saturated heterocycles. The fourth-order valence-corrected chi connectivity index (χ4v) is 1.83. The van der Waals surface area contributed by atoms with Crippen LogP contribution in [0.3, 0.4) is 0 Å². The lowest BCUT2D eigenvalue weighted by Gasteiger charge is -2.09. The first-order chi connectivity index (χ1) is 10.6. The summed E-state index contributed by atoms with van der Waals surface area (Å²) in [7, 11) is 0. The largest absolute Gasteiger partial charge is 0.506 e. The van der Waals surface area contributed by atoms with Crippen molar-refractivity contribution in [3.8, 4) is 11.5 Å². The highest BCUT2D eigenvalue weighted by molar-refractivity contribution is 5.93. The van der Waals surface area contributed by atoms with Gasteiger partial charge in [0.25, 0.3) is 0 Å². The van der Waals surface area contributed by atoms with Crippen molar-refractivity contribution in [2.24, 2.45) is 0 Å². The lowest BCUT2D eigenvalue weighted by atomic mass is 10.2. The quantitative estimate of drug-likeness (QED) is 0.609. The third-order valence-corrected chi connectivity index (χ3v) is 2.90. The van der Waals surface area contributed by atoms with Crippen LogP contribution in [0.4, 0.5) is 5.69 Å². The van der Waals surface area contributed by atoms with Gasteiger partial charge in [0.05, 0.1) is 12.3 Å². The molecule has 116 valence electrons. The summed E-state index contributed by atoms with van der Waals surface area (Å²) in [6, 6.07) is 14.4. The molecule has 0 aliphatic rings. The average molecular weight is 301 g/mol. The molecule has 0 aliphatic heterocycles. The summed E-state index contributed by atoms with van der Waals surface area (Å²) >= 11 is 0. The first kappa shape index (κ1) is 15.9. The summed E-state index contributed by atoms with van der Waals surface area (Å²) < 4.78 is 10.7. The number of amides is 1. The first-order valence-corrected chi connectivity index (χ1v) is 7.00. The zero-order valence-electron chi connectivity index (χ0n) is 12.4. The molecule has 0 aromatic heterocycles. The van der Waals surface area contributed by atoms with E-state index >= 15 is 0 Å². The normalized spacial score (nSPS) is 10.2. The Morgan fingerprint density at radius 1 is 1.14 bits per heavy atom. The molecule has 0 unspecified atom stereocenters. The van der Waals surface area contributed by atoms with Crippen molar-refractivity contribution < 1.29 is 19.4 Å². The van der Waals surface area contributed by atoms with Gasteiger partial charge in [-0.1, -0.05) is 24.3 Å². The third kappa shape index (κ3) is 5.10. The smallest absolute Gasteiger partial charge is 0.250 e. The number of anilines is 1. The molecule has 0 spiro atoms. The van der Waals surface area contributed by atoms with Gasteiger partial charge < -0.3 is 19.9 Å². The van der Waals surface area contributed by atoms with Crippen molar-refractivity contribution in [1.82, 2.24) is 0 Å². The van der Waals surface area contributed by atoms with Crippen LogP contribution in [0.1, 0.15) is 5.56 Å². The molecule has 0 atom stereocenters. The van der Waals surface area contributed by atoms with E-state index in [0.29, 0.717) is 18.9 Å². The maximum Gasteiger partial charge on any atom is 0.250 e. The van der Waals surface area contributed by atoms with Gasteiger partial charge in [-0.05, 0) is 36.8 Å². The van der Waals surface area contributed by atoms with Gasteiger partial charge in [0.1, 0.15) is 24.7 Å². The summed E-state index contributed by atoms with van der Waals surface area (Å²) in [6.07, 6.45) is 0. The lowest BCUT2D eigenvalue weighted by Crippen LogP contribution is -2.20. The number of carbonyl (C=O) groups is 1. The minimum absolute atomic E-state index is 0.0424. The number of ether oxygens (including phenoxy) is 2. The fourth-order valence-electron chi connectivity index (χ4n) is 1.83. The summed E-state index contributed by atoms with van der Waals surface area (Å²) in [5, 5.41) is 12.3. The number of benzene rings is 2. The highest BCUT2D eigenvalue weighted by Gasteiger charge is 2.06. The van der Waals surface area contributed by atoms with Crippen molar-refractivity contribution in [1.29, 1.82) is 0 Å². The van der Waals surface area contributed by atoms with Crippen molar-refractivity contribution in [2.45, 2.75) is 6.92 Å². The molecule has 2 aromatic rings. The van der Waals surface area contributed by atoms with E-state index in [1.54, 1.807) is 12.1 Å². The molecule has 22 heavy (non-hydrogen) atoms. The fraction of sp³-hybridized carbons (Fsp3) is 0.235. The summed E-state index contributed by atoms with van der Waals surface area (Å²) in [4.78, 5) is 11.7. The van der Waals surface area contributed by atoms with Gasteiger partial charge in [-0.2, -0.15) is 0 Å². The van der Waals surface area contributed by atoms with E-state index in [0.717, 1.165) is 11.3 Å². The Morgan fingerprint density at radius 2 is 1.91 bits per heavy atom. The Bertz CT molecular complexity index is 613. The average Bonchev–Trinajstić information content (AvgIpc) is 2.51. The SMILES string of the molecule is Cc1ccc(NC(=O)COCCOc2ccccc2)c(O)c1. The molecule has 0 heterocycles. The maximum atomic E-state index is 11.7. The standard InChI is InChI=1S/C17H19NO4/c1-13-7-8-15(16(19)11-13)18-17(20)12-21-9-10-22-14-5-3-2-4-6-14/h2-8,11,19H,9-10,12H2,1H3,(H,18,20). The molecule has 5 heteroatoms. The molecule has 1 amide bonds. The van der Waals surface area contributed by atoms with E-state index in [4.69, 9.17) is 9.47 Å². The topological polar surface area (TPSA) is 67.8 Å². The summed E-state index contributed by atoms with van der Waals surface area (Å²) in [6.45, 7) is 2.45. The van der Waals surface area contributed by atoms with Crippen molar-refractivity contribution in [3.05, 3.63) is 54.1 Å². The van der Waals surface area contributed by atoms with Crippen LogP contribution in [-0.4, -0.2) is 30.8 Å². The van der Waals surface area contributed by atoms with E-state index in [9.17, 15) is 9.90 Å². The van der Waals surface area contributed by atoms with E-state index in [1.807, 2.05) is 43.3 Å². The molecule has 5 nitrogen and oxygen atoms in total. The molecule has 0 radical (unpaired) electrons. The predicted molar refractivity (Wildman–Crippen MR) is 84.2 cm³/mol. The molecule has 0 bridgehead atoms. The molecule has 0 aliphatic carbocycles. The number of rotatable bonds is 7. The van der Waals surface area contributed by atoms with Gasteiger partial charge in [0.15, 0.2) is 0 Å². The summed E-state index contributed by atoms with van der Waals surface area (Å²) in [5.74, 6) is 0.486. The van der Waals surface area contributed by atoms with Gasteiger partial charge in [-0.3, -0.25) is 4.79 Å². The zero-order chi connectivity index (χ0) is 15.8. The molecule has 0 fully saturated rings. The number of aryl methyl sites for hydroxylation is 1. The van der Waals surface area contributed by atoms with Gasteiger partial charge in [0.2, 0.25) is 5.91 Å². The second kappa shape index (κ2) is 8.05. The highest BCUT2D eigenvalue weighted by atomic mass is 16.5. The van der Waals surface area contributed by atoms with Crippen LogP contribution in [0, 0.1) is 6.92 Å². The van der Waals surface area contributed by atoms with Crippen LogP contribution in [0.2, 0.25) is 0 Å². The van der Waals surface area contributed by atoms with Crippen LogP contribution in [0.25, 0.3) is 0 Å². The Balaban J connectivity index is 1.65. The zero-order valence-corrected chi connectivity index (χ0v) is 12.4. The molecule has 2 rings (SSSR count). The third-order valence-electron chi connectivity index (χ3n) is 2.90. The molecular weight excluding hydrogens is 282 g/mol. The molecule has 2 aromatic carbocycles. The Hall–Kier alpha value is -2.53. The highest BCUT2D eigenvalue weighted by Crippen LogP contribution is 2.23. The number of hydrogen-bond donors (Lipinski definition) is 2. The van der Waals surface area contributed by atoms with Gasteiger partial charge in [-0.15, -0.1) is 0 Å². The Labute approximate surface area is 129 Å². The van der Waals surface area contributed by atoms with Crippen molar-refractivity contribution in [3.63, 3.8) is 0 Å². The number of carbonyl (C=O) groups excluding carboxylic acids is 1. The molecular formula is C17H19NO4. The summed E-state index contributed by atoms with van der Waals surface area (Å²) in [5.41, 5.74) is 1.30. The Morgan fingerprint density at radius 3 is 2.64 bits per heavy atom. The first-order valence-electron chi connectivity index (χ1n) is 7.00. The van der Waals surface area contributed by atoms with Crippen LogP contribution in [-0.2, 0) is 9.53 Å². The van der Waals surface area contributed by atoms with Crippen LogP contribution in [0.5, 0.6) is 11.5 Å². The monoisotopic (exact) mass is 301 g/mol. The van der Waals surface area contributed by atoms with Gasteiger partial charge in [0, 0.05) is 0 Å². The van der Waals surface area contributed by atoms with Crippen LogP contribution in [0.15, 0.2) is 48.5 Å². The minimum Gasteiger partial charge on any atom is -0.506 e. The van der Waals surface area contributed by atoms with E-state index in [2.05, 4.69) is 5.32 Å². The van der Waals surface area contributed by atoms with Crippen LogP contribution >= 0.6 is 0 Å². The van der Waals surface area contributed by atoms with Crippen LogP contribution < -0.4 is 10.1 Å². The van der Waals surface area contributed by atoms with Crippen molar-refractivity contribution in [2.75, 3.05) is 25.1 Å². The minimum atomic E-state index is -0.320. The number of nitrogens with one attached hydrogen (secondary N) is 1.